The summed E-state index contributed by atoms with van der Waals surface area (Å²) in [6, 6.07) is 3.64. The number of alkyl halides is 1. The fourth-order valence-electron chi connectivity index (χ4n) is 2.22. The Bertz CT molecular complexity index is 711. The molecule has 1 aliphatic rings. The third-order valence-corrected chi connectivity index (χ3v) is 5.97. The van der Waals surface area contributed by atoms with Gasteiger partial charge >= 0.3 is 0 Å². The average molecular weight is 347 g/mol. The van der Waals surface area contributed by atoms with Crippen LogP contribution in [0.15, 0.2) is 17.5 Å². The van der Waals surface area contributed by atoms with Gasteiger partial charge in [0.15, 0.2) is 0 Å². The van der Waals surface area contributed by atoms with Crippen LogP contribution in [-0.2, 0) is 11.2 Å². The highest BCUT2D eigenvalue weighted by Crippen LogP contribution is 2.43. The number of anilines is 1. The number of hydrogen-bond acceptors (Lipinski definition) is 2. The third kappa shape index (κ3) is 2.33. The zero-order valence-corrected chi connectivity index (χ0v) is 13.6. The number of rotatable bonds is 2. The first-order chi connectivity index (χ1) is 9.47. The smallest absolute Gasteiger partial charge is 0.228 e. The lowest BCUT2D eigenvalue weighted by atomic mass is 10.0. The van der Waals surface area contributed by atoms with E-state index in [-0.39, 0.29) is 5.91 Å². The number of amides is 1. The Morgan fingerprint density at radius 2 is 2.10 bits per heavy atom. The summed E-state index contributed by atoms with van der Waals surface area (Å²) in [5.74, 6) is -0.0238. The van der Waals surface area contributed by atoms with Crippen molar-refractivity contribution in [1.29, 1.82) is 0 Å². The summed E-state index contributed by atoms with van der Waals surface area (Å²) in [7, 11) is 0. The normalized spacial score (nSPS) is 15.1. The topological polar surface area (TPSA) is 29.1 Å². The second-order valence-electron chi connectivity index (χ2n) is 4.72. The van der Waals surface area contributed by atoms with Gasteiger partial charge in [-0.3, -0.25) is 4.79 Å². The Hall–Kier alpha value is -0.740. The van der Waals surface area contributed by atoms with Gasteiger partial charge in [0.1, 0.15) is 0 Å². The lowest BCUT2D eigenvalue weighted by Crippen LogP contribution is -2.03. The van der Waals surface area contributed by atoms with Crippen LogP contribution in [0.5, 0.6) is 0 Å². The van der Waals surface area contributed by atoms with Gasteiger partial charge in [-0.2, -0.15) is 0 Å². The summed E-state index contributed by atoms with van der Waals surface area (Å²) in [6.45, 7) is 1.94. The number of fused-ring (bicyclic) bond motifs is 1. The molecule has 1 aromatic heterocycles. The molecule has 1 N–H and O–H groups in total. The van der Waals surface area contributed by atoms with E-state index in [1.54, 1.807) is 6.07 Å². The summed E-state index contributed by atoms with van der Waals surface area (Å²) < 4.78 is 0. The van der Waals surface area contributed by atoms with Crippen LogP contribution in [0.4, 0.5) is 5.69 Å². The molecule has 2 aromatic rings. The highest BCUT2D eigenvalue weighted by molar-refractivity contribution is 7.11. The van der Waals surface area contributed by atoms with Crippen molar-refractivity contribution in [2.45, 2.75) is 18.7 Å². The van der Waals surface area contributed by atoms with Crippen LogP contribution in [0.2, 0.25) is 10.0 Å². The molecule has 1 amide bonds. The van der Waals surface area contributed by atoms with Gasteiger partial charge < -0.3 is 5.32 Å². The first-order valence-electron chi connectivity index (χ1n) is 5.97. The molecular weight excluding hydrogens is 337 g/mol. The van der Waals surface area contributed by atoms with Gasteiger partial charge in [0.25, 0.3) is 0 Å². The molecule has 0 spiro atoms. The van der Waals surface area contributed by atoms with Crippen molar-refractivity contribution in [2.24, 2.45) is 0 Å². The van der Waals surface area contributed by atoms with E-state index in [9.17, 15) is 4.79 Å². The van der Waals surface area contributed by atoms with Crippen molar-refractivity contribution < 1.29 is 4.79 Å². The molecule has 6 heteroatoms. The zero-order chi connectivity index (χ0) is 14.4. The molecule has 0 aliphatic carbocycles. The number of carbonyl (C=O) groups is 1. The molecule has 2 nitrogen and oxygen atoms in total. The van der Waals surface area contributed by atoms with Gasteiger partial charge in [0.05, 0.1) is 16.8 Å². The van der Waals surface area contributed by atoms with Crippen LogP contribution in [0, 0.1) is 6.92 Å². The minimum Gasteiger partial charge on any atom is -0.325 e. The third-order valence-electron chi connectivity index (χ3n) is 3.28. The van der Waals surface area contributed by atoms with Crippen molar-refractivity contribution in [2.75, 3.05) is 5.32 Å². The maximum absolute atomic E-state index is 11.4. The Balaban J connectivity index is 2.05. The Kier molecular flexibility index (Phi) is 3.71. The molecule has 1 unspecified atom stereocenters. The van der Waals surface area contributed by atoms with Crippen LogP contribution in [-0.4, -0.2) is 5.91 Å². The highest BCUT2D eigenvalue weighted by Gasteiger charge is 2.25. The Morgan fingerprint density at radius 3 is 2.75 bits per heavy atom. The molecule has 3 rings (SSSR count). The standard InChI is InChI=1S/C14H10Cl3NOS/c1-6-5-20-14(12(6)16)13(17)8-2-7-3-11(19)18-10(7)4-9(8)15/h2,4-5,13H,3H2,1H3,(H,18,19). The molecule has 0 bridgehead atoms. The largest absolute Gasteiger partial charge is 0.325 e. The number of halogens is 3. The van der Waals surface area contributed by atoms with Crippen LogP contribution in [0.1, 0.15) is 26.9 Å². The molecule has 0 saturated heterocycles. The molecule has 104 valence electrons. The Labute approximate surface area is 135 Å². The number of aryl methyl sites for hydroxylation is 1. The summed E-state index contributed by atoms with van der Waals surface area (Å²) >= 11 is 20.6. The Morgan fingerprint density at radius 1 is 1.35 bits per heavy atom. The van der Waals surface area contributed by atoms with Crippen molar-refractivity contribution in [3.8, 4) is 0 Å². The minimum atomic E-state index is -0.408. The fourth-order valence-corrected chi connectivity index (χ4v) is 4.35. The summed E-state index contributed by atoms with van der Waals surface area (Å²) in [5, 5.41) is 5.55. The molecule has 0 fully saturated rings. The van der Waals surface area contributed by atoms with E-state index < -0.39 is 5.38 Å². The lowest BCUT2D eigenvalue weighted by molar-refractivity contribution is -0.115. The number of hydrogen-bond donors (Lipinski definition) is 1. The van der Waals surface area contributed by atoms with E-state index in [0.29, 0.717) is 16.5 Å². The number of thiophene rings is 1. The molecule has 20 heavy (non-hydrogen) atoms. The quantitative estimate of drug-likeness (QED) is 0.745. The van der Waals surface area contributed by atoms with E-state index in [1.165, 1.54) is 11.3 Å². The number of nitrogens with one attached hydrogen (secondary N) is 1. The van der Waals surface area contributed by atoms with Gasteiger partial charge in [0.2, 0.25) is 5.91 Å². The van der Waals surface area contributed by atoms with Crippen molar-refractivity contribution in [1.82, 2.24) is 0 Å². The van der Waals surface area contributed by atoms with Crippen LogP contribution < -0.4 is 5.32 Å². The van der Waals surface area contributed by atoms with Crippen molar-refractivity contribution in [3.63, 3.8) is 0 Å². The summed E-state index contributed by atoms with van der Waals surface area (Å²) in [4.78, 5) is 12.3. The highest BCUT2D eigenvalue weighted by atomic mass is 35.5. The minimum absolute atomic E-state index is 0.0238. The molecule has 0 radical (unpaired) electrons. The van der Waals surface area contributed by atoms with Crippen LogP contribution >= 0.6 is 46.1 Å². The maximum Gasteiger partial charge on any atom is 0.228 e. The van der Waals surface area contributed by atoms with E-state index >= 15 is 0 Å². The molecule has 1 aromatic carbocycles. The van der Waals surface area contributed by atoms with E-state index in [4.69, 9.17) is 34.8 Å². The first kappa shape index (κ1) is 14.2. The first-order valence-corrected chi connectivity index (χ1v) is 8.04. The SMILES string of the molecule is Cc1csc(C(Cl)c2cc3c(cc2Cl)NC(=O)C3)c1Cl. The molecule has 2 heterocycles. The van der Waals surface area contributed by atoms with Gasteiger partial charge in [-0.1, -0.05) is 23.2 Å². The fraction of sp³-hybridized carbons (Fsp3) is 0.214. The maximum atomic E-state index is 11.4. The van der Waals surface area contributed by atoms with Gasteiger partial charge in [0, 0.05) is 15.6 Å². The number of benzene rings is 1. The second-order valence-corrected chi connectivity index (χ2v) is 6.85. The lowest BCUT2D eigenvalue weighted by Gasteiger charge is -2.13. The predicted molar refractivity (Wildman–Crippen MR) is 85.5 cm³/mol. The number of carbonyl (C=O) groups excluding carboxylic acids is 1. The van der Waals surface area contributed by atoms with Gasteiger partial charge in [-0.05, 0) is 41.1 Å². The molecule has 1 aliphatic heterocycles. The zero-order valence-electron chi connectivity index (χ0n) is 10.5. The monoisotopic (exact) mass is 345 g/mol. The predicted octanol–water partition coefficient (Wildman–Crippen LogP) is 5.19. The summed E-state index contributed by atoms with van der Waals surface area (Å²) in [5.41, 5.74) is 3.48. The van der Waals surface area contributed by atoms with Crippen LogP contribution in [0.3, 0.4) is 0 Å². The molecule has 0 saturated carbocycles. The van der Waals surface area contributed by atoms with Crippen molar-refractivity contribution in [3.05, 3.63) is 49.1 Å². The van der Waals surface area contributed by atoms with Crippen molar-refractivity contribution >= 4 is 57.7 Å². The van der Waals surface area contributed by atoms with E-state index in [2.05, 4.69) is 5.32 Å². The van der Waals surface area contributed by atoms with Gasteiger partial charge in [-0.25, -0.2) is 0 Å². The van der Waals surface area contributed by atoms with E-state index in [1.807, 2.05) is 18.4 Å². The average Bonchev–Trinajstić information content (AvgIpc) is 2.91. The van der Waals surface area contributed by atoms with Crippen LogP contribution in [0.25, 0.3) is 0 Å². The summed E-state index contributed by atoms with van der Waals surface area (Å²) in [6.07, 6.45) is 0.361. The van der Waals surface area contributed by atoms with E-state index in [0.717, 1.165) is 27.3 Å². The van der Waals surface area contributed by atoms with Gasteiger partial charge in [-0.15, -0.1) is 22.9 Å². The second kappa shape index (κ2) is 5.23. The molecular formula is C14H10Cl3NOS. The molecule has 1 atom stereocenters.